The smallest absolute Gasteiger partial charge is 0.227 e. The van der Waals surface area contributed by atoms with E-state index in [1.165, 1.54) is 6.39 Å². The van der Waals surface area contributed by atoms with Gasteiger partial charge >= 0.3 is 0 Å². The molecule has 0 saturated carbocycles. The Morgan fingerprint density at radius 1 is 1.39 bits per heavy atom. The van der Waals surface area contributed by atoms with Crippen LogP contribution in [0.3, 0.4) is 0 Å². The zero-order chi connectivity index (χ0) is 13.0. The summed E-state index contributed by atoms with van der Waals surface area (Å²) in [6, 6.07) is 7.35. The van der Waals surface area contributed by atoms with E-state index in [0.29, 0.717) is 17.3 Å². The van der Waals surface area contributed by atoms with Gasteiger partial charge in [0.25, 0.3) is 0 Å². The fraction of sp³-hybridized carbons (Fsp3) is 0.231. The molecule has 0 radical (unpaired) electrons. The van der Waals surface area contributed by atoms with Gasteiger partial charge in [0.05, 0.1) is 12.1 Å². The second kappa shape index (κ2) is 5.69. The normalized spacial score (nSPS) is 10.3. The van der Waals surface area contributed by atoms with Gasteiger partial charge in [-0.2, -0.15) is 0 Å². The van der Waals surface area contributed by atoms with E-state index in [9.17, 15) is 4.79 Å². The van der Waals surface area contributed by atoms with E-state index in [-0.39, 0.29) is 12.3 Å². The second-order valence-electron chi connectivity index (χ2n) is 3.94. The molecule has 0 saturated heterocycles. The quantitative estimate of drug-likeness (QED) is 0.923. The first-order valence-electron chi connectivity index (χ1n) is 5.55. The molecule has 1 amide bonds. The Hall–Kier alpha value is -1.81. The lowest BCUT2D eigenvalue weighted by Crippen LogP contribution is -2.24. The molecule has 4 nitrogen and oxygen atoms in total. The second-order valence-corrected chi connectivity index (χ2v) is 4.38. The van der Waals surface area contributed by atoms with Crippen molar-refractivity contribution in [3.63, 3.8) is 0 Å². The summed E-state index contributed by atoms with van der Waals surface area (Å²) in [5, 5.41) is 3.50. The minimum absolute atomic E-state index is 0.0928. The Morgan fingerprint density at radius 2 is 2.11 bits per heavy atom. The van der Waals surface area contributed by atoms with Crippen LogP contribution < -0.4 is 5.32 Å². The average Bonchev–Trinajstić information content (AvgIpc) is 2.74. The molecule has 2 aromatic rings. The molecule has 0 aliphatic carbocycles. The van der Waals surface area contributed by atoms with Crippen LogP contribution in [0, 0.1) is 6.92 Å². The number of carbonyl (C=O) groups excluding carboxylic acids is 1. The van der Waals surface area contributed by atoms with Crippen LogP contribution >= 0.6 is 11.6 Å². The van der Waals surface area contributed by atoms with Gasteiger partial charge < -0.3 is 9.73 Å². The first-order valence-corrected chi connectivity index (χ1v) is 5.93. The number of halogens is 1. The number of nitrogens with one attached hydrogen (secondary N) is 1. The zero-order valence-electron chi connectivity index (χ0n) is 9.94. The van der Waals surface area contributed by atoms with Crippen molar-refractivity contribution < 1.29 is 9.21 Å². The van der Waals surface area contributed by atoms with E-state index >= 15 is 0 Å². The van der Waals surface area contributed by atoms with Gasteiger partial charge in [-0.1, -0.05) is 23.7 Å². The van der Waals surface area contributed by atoms with Gasteiger partial charge in [0, 0.05) is 11.6 Å². The topological polar surface area (TPSA) is 55.1 Å². The SMILES string of the molecule is Cc1ncoc1CC(=O)NCc1ccc(Cl)cc1. The summed E-state index contributed by atoms with van der Waals surface area (Å²) < 4.78 is 5.11. The summed E-state index contributed by atoms with van der Waals surface area (Å²) in [6.45, 7) is 2.29. The molecule has 0 spiro atoms. The number of oxazole rings is 1. The highest BCUT2D eigenvalue weighted by atomic mass is 35.5. The Labute approximate surface area is 110 Å². The monoisotopic (exact) mass is 264 g/mol. The summed E-state index contributed by atoms with van der Waals surface area (Å²) in [6.07, 6.45) is 1.55. The molecule has 0 aliphatic heterocycles. The van der Waals surface area contributed by atoms with Gasteiger partial charge in [-0.25, -0.2) is 4.98 Å². The van der Waals surface area contributed by atoms with Crippen LogP contribution in [0.25, 0.3) is 0 Å². The number of hydrogen-bond acceptors (Lipinski definition) is 3. The third-order valence-electron chi connectivity index (χ3n) is 2.57. The van der Waals surface area contributed by atoms with Crippen molar-refractivity contribution in [2.75, 3.05) is 0 Å². The van der Waals surface area contributed by atoms with Gasteiger partial charge in [0.15, 0.2) is 6.39 Å². The van der Waals surface area contributed by atoms with Crippen molar-refractivity contribution in [3.05, 3.63) is 52.7 Å². The first-order chi connectivity index (χ1) is 8.65. The fourth-order valence-corrected chi connectivity index (χ4v) is 1.63. The van der Waals surface area contributed by atoms with Gasteiger partial charge in [0.2, 0.25) is 5.91 Å². The highest BCUT2D eigenvalue weighted by Gasteiger charge is 2.09. The molecule has 0 bridgehead atoms. The fourth-order valence-electron chi connectivity index (χ4n) is 1.51. The van der Waals surface area contributed by atoms with E-state index in [1.807, 2.05) is 19.1 Å². The van der Waals surface area contributed by atoms with E-state index in [0.717, 1.165) is 11.3 Å². The summed E-state index contributed by atoms with van der Waals surface area (Å²) in [5.74, 6) is 0.508. The number of aromatic nitrogens is 1. The maximum atomic E-state index is 11.7. The minimum atomic E-state index is -0.0928. The largest absolute Gasteiger partial charge is 0.448 e. The predicted molar refractivity (Wildman–Crippen MR) is 68.2 cm³/mol. The molecule has 0 fully saturated rings. The van der Waals surface area contributed by atoms with Crippen molar-refractivity contribution in [1.82, 2.24) is 10.3 Å². The van der Waals surface area contributed by atoms with Crippen molar-refractivity contribution in [2.45, 2.75) is 19.9 Å². The Balaban J connectivity index is 1.85. The van der Waals surface area contributed by atoms with Gasteiger partial charge in [0.1, 0.15) is 5.76 Å². The Morgan fingerprint density at radius 3 is 2.72 bits per heavy atom. The minimum Gasteiger partial charge on any atom is -0.448 e. The van der Waals surface area contributed by atoms with Crippen molar-refractivity contribution in [3.8, 4) is 0 Å². The molecule has 18 heavy (non-hydrogen) atoms. The van der Waals surface area contributed by atoms with E-state index in [2.05, 4.69) is 10.3 Å². The van der Waals surface area contributed by atoms with Crippen molar-refractivity contribution in [1.29, 1.82) is 0 Å². The van der Waals surface area contributed by atoms with Crippen LogP contribution in [0.15, 0.2) is 35.1 Å². The standard InChI is InChI=1S/C13H13ClN2O2/c1-9-12(18-8-16-9)6-13(17)15-7-10-2-4-11(14)5-3-10/h2-5,8H,6-7H2,1H3,(H,15,17). The molecule has 1 N–H and O–H groups in total. The lowest BCUT2D eigenvalue weighted by Gasteiger charge is -2.04. The molecule has 1 aromatic carbocycles. The summed E-state index contributed by atoms with van der Waals surface area (Å²) in [4.78, 5) is 15.6. The third-order valence-corrected chi connectivity index (χ3v) is 2.82. The molecular formula is C13H13ClN2O2. The number of benzene rings is 1. The molecule has 1 aromatic heterocycles. The van der Waals surface area contributed by atoms with Crippen LogP contribution in [0.2, 0.25) is 5.02 Å². The summed E-state index contributed by atoms with van der Waals surface area (Å²) >= 11 is 5.78. The van der Waals surface area contributed by atoms with E-state index in [1.54, 1.807) is 12.1 Å². The third kappa shape index (κ3) is 3.34. The predicted octanol–water partition coefficient (Wildman–Crippen LogP) is 2.50. The molecule has 2 rings (SSSR count). The summed E-state index contributed by atoms with van der Waals surface area (Å²) in [5.41, 5.74) is 1.75. The zero-order valence-corrected chi connectivity index (χ0v) is 10.7. The number of nitrogens with zero attached hydrogens (tertiary/aromatic N) is 1. The molecule has 0 aliphatic rings. The van der Waals surface area contributed by atoms with Crippen LogP contribution in [0.4, 0.5) is 0 Å². The van der Waals surface area contributed by atoms with E-state index in [4.69, 9.17) is 16.0 Å². The number of amides is 1. The number of aryl methyl sites for hydroxylation is 1. The first kappa shape index (κ1) is 12.6. The maximum Gasteiger partial charge on any atom is 0.227 e. The van der Waals surface area contributed by atoms with Gasteiger partial charge in [-0.05, 0) is 24.6 Å². The van der Waals surface area contributed by atoms with Crippen LogP contribution in [-0.4, -0.2) is 10.9 Å². The van der Waals surface area contributed by atoms with E-state index < -0.39 is 0 Å². The molecule has 94 valence electrons. The van der Waals surface area contributed by atoms with Crippen molar-refractivity contribution >= 4 is 17.5 Å². The van der Waals surface area contributed by atoms with Crippen LogP contribution in [-0.2, 0) is 17.8 Å². The van der Waals surface area contributed by atoms with Gasteiger partial charge in [-0.15, -0.1) is 0 Å². The molecular weight excluding hydrogens is 252 g/mol. The number of rotatable bonds is 4. The van der Waals surface area contributed by atoms with Crippen LogP contribution in [0.5, 0.6) is 0 Å². The Kier molecular flexibility index (Phi) is 3.99. The Bertz CT molecular complexity index is 534. The highest BCUT2D eigenvalue weighted by Crippen LogP contribution is 2.09. The molecule has 1 heterocycles. The summed E-state index contributed by atoms with van der Waals surface area (Å²) in [7, 11) is 0. The lowest BCUT2D eigenvalue weighted by molar-refractivity contribution is -0.120. The average molecular weight is 265 g/mol. The molecule has 0 atom stereocenters. The van der Waals surface area contributed by atoms with Crippen molar-refractivity contribution in [2.24, 2.45) is 0 Å². The molecule has 0 unspecified atom stereocenters. The lowest BCUT2D eigenvalue weighted by atomic mass is 10.2. The molecule has 5 heteroatoms. The number of hydrogen-bond donors (Lipinski definition) is 1. The van der Waals surface area contributed by atoms with Gasteiger partial charge in [-0.3, -0.25) is 4.79 Å². The maximum absolute atomic E-state index is 11.7. The number of carbonyl (C=O) groups is 1. The highest BCUT2D eigenvalue weighted by molar-refractivity contribution is 6.30. The van der Waals surface area contributed by atoms with Crippen LogP contribution in [0.1, 0.15) is 17.0 Å².